The van der Waals surface area contributed by atoms with Crippen LogP contribution >= 0.6 is 0 Å². The van der Waals surface area contributed by atoms with Gasteiger partial charge in [-0.3, -0.25) is 9.59 Å². The van der Waals surface area contributed by atoms with Crippen molar-refractivity contribution < 1.29 is 9.59 Å². The van der Waals surface area contributed by atoms with Crippen LogP contribution in [0.25, 0.3) is 0 Å². The summed E-state index contributed by atoms with van der Waals surface area (Å²) in [5.41, 5.74) is 1.81. The fourth-order valence-corrected chi connectivity index (χ4v) is 2.52. The number of carbonyl (C=O) groups excluding carboxylic acids is 2. The molecule has 1 aliphatic heterocycles. The van der Waals surface area contributed by atoms with Gasteiger partial charge in [0.1, 0.15) is 0 Å². The zero-order valence-corrected chi connectivity index (χ0v) is 11.0. The van der Waals surface area contributed by atoms with Crippen LogP contribution in [0.3, 0.4) is 0 Å². The molecule has 2 rings (SSSR count). The number of nitrogens with one attached hydrogen (secondary N) is 2. The number of piperazine rings is 1. The maximum atomic E-state index is 12.4. The molecule has 0 spiro atoms. The second kappa shape index (κ2) is 4.94. The van der Waals surface area contributed by atoms with Crippen LogP contribution in [0, 0.1) is 6.92 Å². The van der Waals surface area contributed by atoms with E-state index >= 15 is 0 Å². The summed E-state index contributed by atoms with van der Waals surface area (Å²) in [5, 5.41) is 3.39. The maximum Gasteiger partial charge on any atom is 0.255 e. The number of aldehydes is 1. The molecule has 5 heteroatoms. The van der Waals surface area contributed by atoms with Crippen molar-refractivity contribution in [1.29, 1.82) is 0 Å². The van der Waals surface area contributed by atoms with E-state index in [2.05, 4.69) is 24.1 Å². The lowest BCUT2D eigenvalue weighted by atomic mass is 10.1. The first-order valence-electron chi connectivity index (χ1n) is 6.21. The van der Waals surface area contributed by atoms with Crippen LogP contribution in [0.2, 0.25) is 0 Å². The van der Waals surface area contributed by atoms with Gasteiger partial charge >= 0.3 is 0 Å². The van der Waals surface area contributed by atoms with Crippen LogP contribution in [-0.2, 0) is 0 Å². The van der Waals surface area contributed by atoms with Gasteiger partial charge in [-0.15, -0.1) is 0 Å². The van der Waals surface area contributed by atoms with Gasteiger partial charge in [0.15, 0.2) is 6.29 Å². The normalized spacial score (nSPS) is 24.1. The summed E-state index contributed by atoms with van der Waals surface area (Å²) in [6.45, 7) is 7.32. The van der Waals surface area contributed by atoms with Crippen LogP contribution in [0.4, 0.5) is 0 Å². The van der Waals surface area contributed by atoms with Crippen molar-refractivity contribution in [2.24, 2.45) is 0 Å². The predicted molar refractivity (Wildman–Crippen MR) is 68.9 cm³/mol. The lowest BCUT2D eigenvalue weighted by molar-refractivity contribution is 0.0673. The van der Waals surface area contributed by atoms with Gasteiger partial charge < -0.3 is 15.2 Å². The van der Waals surface area contributed by atoms with Crippen LogP contribution in [0.5, 0.6) is 0 Å². The van der Waals surface area contributed by atoms with E-state index in [4.69, 9.17) is 0 Å². The summed E-state index contributed by atoms with van der Waals surface area (Å²) in [5.74, 6) is -0.00273. The van der Waals surface area contributed by atoms with Crippen LogP contribution in [-0.4, -0.2) is 47.3 Å². The van der Waals surface area contributed by atoms with E-state index < -0.39 is 0 Å². The fourth-order valence-electron chi connectivity index (χ4n) is 2.52. The van der Waals surface area contributed by atoms with E-state index in [1.54, 1.807) is 13.1 Å². The lowest BCUT2D eigenvalue weighted by Gasteiger charge is -2.36. The molecule has 1 amide bonds. The molecule has 18 heavy (non-hydrogen) atoms. The number of aromatic nitrogens is 1. The minimum Gasteiger partial charge on any atom is -0.358 e. The Balaban J connectivity index is 2.20. The molecular formula is C13H19N3O2. The highest BCUT2D eigenvalue weighted by molar-refractivity contribution is 5.97. The maximum absolute atomic E-state index is 12.4. The zero-order chi connectivity index (χ0) is 13.3. The van der Waals surface area contributed by atoms with Crippen molar-refractivity contribution in [2.45, 2.75) is 32.9 Å². The highest BCUT2D eigenvalue weighted by Crippen LogP contribution is 2.16. The predicted octanol–water partition coefficient (Wildman–Crippen LogP) is 0.958. The standard InChI is InChI=1S/C13H19N3O2/c1-8-5-16(6-9(2)15-8)13(18)11-4-14-12(7-17)10(11)3/h4,7-9,14-15H,5-6H2,1-3H3. The number of H-pyrrole nitrogens is 1. The average molecular weight is 249 g/mol. The van der Waals surface area contributed by atoms with Crippen molar-refractivity contribution in [3.8, 4) is 0 Å². The Hall–Kier alpha value is -1.62. The molecule has 2 heterocycles. The molecule has 1 saturated heterocycles. The molecule has 2 unspecified atom stereocenters. The molecule has 0 aliphatic carbocycles. The van der Waals surface area contributed by atoms with E-state index in [-0.39, 0.29) is 5.91 Å². The SMILES string of the molecule is Cc1c(C(=O)N2CC(C)NC(C)C2)c[nH]c1C=O. The number of aromatic amines is 1. The summed E-state index contributed by atoms with van der Waals surface area (Å²) >= 11 is 0. The van der Waals surface area contributed by atoms with Gasteiger partial charge in [0.05, 0.1) is 11.3 Å². The third kappa shape index (κ3) is 2.31. The Morgan fingerprint density at radius 1 is 1.39 bits per heavy atom. The molecule has 5 nitrogen and oxygen atoms in total. The summed E-state index contributed by atoms with van der Waals surface area (Å²) in [7, 11) is 0. The van der Waals surface area contributed by atoms with Gasteiger partial charge in [0.25, 0.3) is 5.91 Å². The smallest absolute Gasteiger partial charge is 0.255 e. The molecule has 98 valence electrons. The molecule has 0 aromatic carbocycles. The van der Waals surface area contributed by atoms with E-state index in [9.17, 15) is 9.59 Å². The quantitative estimate of drug-likeness (QED) is 0.767. The van der Waals surface area contributed by atoms with Crippen molar-refractivity contribution >= 4 is 12.2 Å². The highest BCUT2D eigenvalue weighted by atomic mass is 16.2. The molecule has 1 aliphatic rings. The number of hydrogen-bond acceptors (Lipinski definition) is 3. The summed E-state index contributed by atoms with van der Waals surface area (Å²) < 4.78 is 0. The first-order chi connectivity index (χ1) is 8.52. The van der Waals surface area contributed by atoms with Gasteiger partial charge in [-0.1, -0.05) is 0 Å². The summed E-state index contributed by atoms with van der Waals surface area (Å²) in [6.07, 6.45) is 2.37. The van der Waals surface area contributed by atoms with Gasteiger partial charge in [0.2, 0.25) is 0 Å². The highest BCUT2D eigenvalue weighted by Gasteiger charge is 2.27. The molecule has 1 aromatic rings. The number of nitrogens with zero attached hydrogens (tertiary/aromatic N) is 1. The van der Waals surface area contributed by atoms with E-state index in [1.807, 2.05) is 4.90 Å². The summed E-state index contributed by atoms with van der Waals surface area (Å²) in [4.78, 5) is 27.9. The fraction of sp³-hybridized carbons (Fsp3) is 0.538. The molecule has 1 aromatic heterocycles. The number of carbonyl (C=O) groups is 2. The molecule has 0 saturated carbocycles. The van der Waals surface area contributed by atoms with Crippen LogP contribution < -0.4 is 5.32 Å². The Morgan fingerprint density at radius 3 is 2.50 bits per heavy atom. The number of amides is 1. The molecule has 0 radical (unpaired) electrons. The van der Waals surface area contributed by atoms with Gasteiger partial charge in [-0.2, -0.15) is 0 Å². The van der Waals surface area contributed by atoms with Crippen molar-refractivity contribution in [2.75, 3.05) is 13.1 Å². The average Bonchev–Trinajstić information content (AvgIpc) is 2.68. The lowest BCUT2D eigenvalue weighted by Crippen LogP contribution is -2.55. The Labute approximate surface area is 107 Å². The first kappa shape index (κ1) is 12.8. The van der Waals surface area contributed by atoms with Crippen LogP contribution in [0.15, 0.2) is 6.20 Å². The second-order valence-electron chi connectivity index (χ2n) is 5.04. The molecular weight excluding hydrogens is 230 g/mol. The number of rotatable bonds is 2. The van der Waals surface area contributed by atoms with Crippen molar-refractivity contribution in [1.82, 2.24) is 15.2 Å². The monoisotopic (exact) mass is 249 g/mol. The van der Waals surface area contributed by atoms with Crippen LogP contribution in [0.1, 0.15) is 40.3 Å². The Bertz CT molecular complexity index is 457. The van der Waals surface area contributed by atoms with Gasteiger partial charge in [0, 0.05) is 31.4 Å². The van der Waals surface area contributed by atoms with E-state index in [0.717, 1.165) is 11.8 Å². The largest absolute Gasteiger partial charge is 0.358 e. The topological polar surface area (TPSA) is 65.2 Å². The van der Waals surface area contributed by atoms with Crippen molar-refractivity contribution in [3.63, 3.8) is 0 Å². The molecule has 2 atom stereocenters. The Kier molecular flexibility index (Phi) is 3.52. The second-order valence-corrected chi connectivity index (χ2v) is 5.04. The first-order valence-corrected chi connectivity index (χ1v) is 6.21. The molecule has 0 bridgehead atoms. The summed E-state index contributed by atoms with van der Waals surface area (Å²) in [6, 6.07) is 0.588. The third-order valence-electron chi connectivity index (χ3n) is 3.37. The van der Waals surface area contributed by atoms with E-state index in [0.29, 0.717) is 36.4 Å². The minimum atomic E-state index is -0.00273. The van der Waals surface area contributed by atoms with Gasteiger partial charge in [-0.05, 0) is 26.3 Å². The van der Waals surface area contributed by atoms with Crippen molar-refractivity contribution in [3.05, 3.63) is 23.0 Å². The van der Waals surface area contributed by atoms with Gasteiger partial charge in [-0.25, -0.2) is 0 Å². The zero-order valence-electron chi connectivity index (χ0n) is 11.0. The number of hydrogen-bond donors (Lipinski definition) is 2. The molecule has 2 N–H and O–H groups in total. The minimum absolute atomic E-state index is 0.00273. The Morgan fingerprint density at radius 2 is 2.00 bits per heavy atom. The molecule has 1 fully saturated rings. The third-order valence-corrected chi connectivity index (χ3v) is 3.37. The van der Waals surface area contributed by atoms with E-state index in [1.165, 1.54) is 0 Å².